The van der Waals surface area contributed by atoms with Gasteiger partial charge in [0, 0.05) is 30.4 Å². The maximum absolute atomic E-state index is 13.6. The molecule has 2 aromatic carbocycles. The van der Waals surface area contributed by atoms with E-state index in [-0.39, 0.29) is 24.1 Å². The van der Waals surface area contributed by atoms with Gasteiger partial charge in [0.2, 0.25) is 0 Å². The van der Waals surface area contributed by atoms with Crippen LogP contribution in [0, 0.1) is 5.41 Å². The number of piperidine rings is 1. The number of amidine groups is 1. The van der Waals surface area contributed by atoms with Crippen LogP contribution in [-0.4, -0.2) is 35.5 Å². The van der Waals surface area contributed by atoms with Crippen molar-refractivity contribution in [3.8, 4) is 0 Å². The third kappa shape index (κ3) is 5.25. The van der Waals surface area contributed by atoms with Crippen LogP contribution >= 0.6 is 0 Å². The number of urea groups is 1. The average molecular weight is 420 g/mol. The topological polar surface area (TPSA) is 85.5 Å². The zero-order valence-corrected chi connectivity index (χ0v) is 18.1. The Morgan fingerprint density at radius 2 is 1.77 bits per heavy atom. The van der Waals surface area contributed by atoms with Gasteiger partial charge in [0.1, 0.15) is 5.84 Å². The minimum atomic E-state index is -0.0439. The highest BCUT2D eigenvalue weighted by atomic mass is 16.2. The number of nitrogens with one attached hydrogen (secondary N) is 2. The standard InChI is InChI=1S/C25H33N5O/c26-24(27)20-11-8-14-22(17-20)30(21-12-4-5-13-21)25(31)28-23-15-6-7-16-29(23)18-19-9-2-1-3-10-19/h1-3,8-11,14,17,21,23H,4-7,12-13,15-16,18H2,(H3,26,27)(H,28,31). The molecule has 1 aliphatic carbocycles. The molecule has 4 N–H and O–H groups in total. The average Bonchev–Trinajstić information content (AvgIpc) is 3.30. The summed E-state index contributed by atoms with van der Waals surface area (Å²) in [5, 5.41) is 11.1. The number of carbonyl (C=O) groups is 1. The number of nitrogens with two attached hydrogens (primary N) is 1. The van der Waals surface area contributed by atoms with Gasteiger partial charge in [0.15, 0.2) is 0 Å². The Labute approximate surface area is 184 Å². The van der Waals surface area contributed by atoms with Gasteiger partial charge in [0.25, 0.3) is 0 Å². The molecule has 0 aromatic heterocycles. The van der Waals surface area contributed by atoms with Crippen LogP contribution in [0.5, 0.6) is 0 Å². The Balaban J connectivity index is 1.53. The number of anilines is 1. The lowest BCUT2D eigenvalue weighted by Gasteiger charge is -2.38. The lowest BCUT2D eigenvalue weighted by Crippen LogP contribution is -2.55. The van der Waals surface area contributed by atoms with E-state index in [2.05, 4.69) is 34.5 Å². The Kier molecular flexibility index (Phi) is 6.87. The Hall–Kier alpha value is -2.86. The van der Waals surface area contributed by atoms with Crippen molar-refractivity contribution >= 4 is 17.6 Å². The molecule has 1 aliphatic heterocycles. The highest BCUT2D eigenvalue weighted by molar-refractivity contribution is 5.98. The summed E-state index contributed by atoms with van der Waals surface area (Å²) in [4.78, 5) is 17.9. The number of rotatable bonds is 6. The molecule has 31 heavy (non-hydrogen) atoms. The van der Waals surface area contributed by atoms with E-state index < -0.39 is 0 Å². The SMILES string of the molecule is N=C(N)c1cccc(N(C(=O)NC2CCCCN2Cc2ccccc2)C2CCCC2)c1. The zero-order chi connectivity index (χ0) is 21.6. The Bertz CT molecular complexity index is 894. The van der Waals surface area contributed by atoms with E-state index in [0.29, 0.717) is 5.56 Å². The highest BCUT2D eigenvalue weighted by Gasteiger charge is 2.31. The van der Waals surface area contributed by atoms with Crippen molar-refractivity contribution in [1.82, 2.24) is 10.2 Å². The van der Waals surface area contributed by atoms with E-state index in [0.717, 1.165) is 63.7 Å². The summed E-state index contributed by atoms with van der Waals surface area (Å²) in [6, 6.07) is 18.1. The van der Waals surface area contributed by atoms with Crippen LogP contribution in [0.4, 0.5) is 10.5 Å². The van der Waals surface area contributed by atoms with Crippen LogP contribution in [-0.2, 0) is 6.54 Å². The van der Waals surface area contributed by atoms with E-state index in [1.54, 1.807) is 0 Å². The second-order valence-electron chi connectivity index (χ2n) is 8.69. The fourth-order valence-electron chi connectivity index (χ4n) is 4.85. The number of hydrogen-bond acceptors (Lipinski definition) is 3. The van der Waals surface area contributed by atoms with E-state index in [1.165, 1.54) is 5.56 Å². The second kappa shape index (κ2) is 9.96. The maximum Gasteiger partial charge on any atom is 0.323 e. The van der Waals surface area contributed by atoms with Gasteiger partial charge in [-0.15, -0.1) is 0 Å². The molecule has 164 valence electrons. The summed E-state index contributed by atoms with van der Waals surface area (Å²) in [7, 11) is 0. The number of carbonyl (C=O) groups excluding carboxylic acids is 1. The van der Waals surface area contributed by atoms with Crippen molar-refractivity contribution in [1.29, 1.82) is 5.41 Å². The van der Waals surface area contributed by atoms with Gasteiger partial charge in [-0.3, -0.25) is 15.2 Å². The summed E-state index contributed by atoms with van der Waals surface area (Å²) in [6.45, 7) is 1.83. The van der Waals surface area contributed by atoms with Crippen LogP contribution in [0.2, 0.25) is 0 Å². The minimum absolute atomic E-state index is 0.0231. The van der Waals surface area contributed by atoms with Gasteiger partial charge in [-0.25, -0.2) is 4.79 Å². The van der Waals surface area contributed by atoms with E-state index in [9.17, 15) is 4.79 Å². The smallest absolute Gasteiger partial charge is 0.323 e. The molecule has 2 fully saturated rings. The summed E-state index contributed by atoms with van der Waals surface area (Å²) in [5.41, 5.74) is 8.45. The fraction of sp³-hybridized carbons (Fsp3) is 0.440. The molecular formula is C25H33N5O. The van der Waals surface area contributed by atoms with E-state index in [4.69, 9.17) is 11.1 Å². The molecule has 6 nitrogen and oxygen atoms in total. The van der Waals surface area contributed by atoms with Gasteiger partial charge in [-0.1, -0.05) is 55.3 Å². The minimum Gasteiger partial charge on any atom is -0.384 e. The quantitative estimate of drug-likeness (QED) is 0.478. The van der Waals surface area contributed by atoms with Crippen LogP contribution in [0.3, 0.4) is 0 Å². The number of nitrogens with zero attached hydrogens (tertiary/aromatic N) is 2. The first-order chi connectivity index (χ1) is 15.1. The molecule has 2 amide bonds. The molecular weight excluding hydrogens is 386 g/mol. The lowest BCUT2D eigenvalue weighted by atomic mass is 10.1. The number of amides is 2. The van der Waals surface area contributed by atoms with Crippen LogP contribution < -0.4 is 16.0 Å². The first kappa shape index (κ1) is 21.4. The van der Waals surface area contributed by atoms with Crippen molar-refractivity contribution in [2.75, 3.05) is 11.4 Å². The monoisotopic (exact) mass is 419 g/mol. The molecule has 1 unspecified atom stereocenters. The number of likely N-dealkylation sites (tertiary alicyclic amines) is 1. The summed E-state index contributed by atoms with van der Waals surface area (Å²) in [5.74, 6) is 0.0231. The van der Waals surface area contributed by atoms with Crippen molar-refractivity contribution < 1.29 is 4.79 Å². The molecule has 6 heteroatoms. The van der Waals surface area contributed by atoms with Gasteiger partial charge in [-0.2, -0.15) is 0 Å². The summed E-state index contributed by atoms with van der Waals surface area (Å²) in [6.07, 6.45) is 7.58. The molecule has 0 radical (unpaired) electrons. The predicted octanol–water partition coefficient (Wildman–Crippen LogP) is 4.44. The Morgan fingerprint density at radius 3 is 2.52 bits per heavy atom. The molecule has 1 saturated carbocycles. The number of benzene rings is 2. The van der Waals surface area contributed by atoms with Crippen molar-refractivity contribution in [3.63, 3.8) is 0 Å². The molecule has 1 heterocycles. The normalized spacial score (nSPS) is 19.8. The molecule has 0 spiro atoms. The first-order valence-corrected chi connectivity index (χ1v) is 11.4. The molecule has 2 aromatic rings. The van der Waals surface area contributed by atoms with Crippen LogP contribution in [0.25, 0.3) is 0 Å². The molecule has 4 rings (SSSR count). The largest absolute Gasteiger partial charge is 0.384 e. The molecule has 1 saturated heterocycles. The van der Waals surface area contributed by atoms with Crippen molar-refractivity contribution in [3.05, 3.63) is 65.7 Å². The highest BCUT2D eigenvalue weighted by Crippen LogP contribution is 2.29. The van der Waals surface area contributed by atoms with Crippen molar-refractivity contribution in [2.24, 2.45) is 5.73 Å². The first-order valence-electron chi connectivity index (χ1n) is 11.4. The van der Waals surface area contributed by atoms with Crippen LogP contribution in [0.1, 0.15) is 56.1 Å². The van der Waals surface area contributed by atoms with Gasteiger partial charge in [0.05, 0.1) is 6.17 Å². The Morgan fingerprint density at radius 1 is 1.03 bits per heavy atom. The molecule has 0 bridgehead atoms. The van der Waals surface area contributed by atoms with Gasteiger partial charge < -0.3 is 11.1 Å². The maximum atomic E-state index is 13.6. The second-order valence-corrected chi connectivity index (χ2v) is 8.69. The van der Waals surface area contributed by atoms with Crippen molar-refractivity contribution in [2.45, 2.75) is 63.7 Å². The third-order valence-corrected chi connectivity index (χ3v) is 6.48. The van der Waals surface area contributed by atoms with Gasteiger partial charge >= 0.3 is 6.03 Å². The number of nitrogen functional groups attached to an aromatic ring is 1. The number of hydrogen-bond donors (Lipinski definition) is 3. The third-order valence-electron chi connectivity index (χ3n) is 6.48. The summed E-state index contributed by atoms with van der Waals surface area (Å²) < 4.78 is 0. The van der Waals surface area contributed by atoms with Crippen LogP contribution in [0.15, 0.2) is 54.6 Å². The summed E-state index contributed by atoms with van der Waals surface area (Å²) >= 11 is 0. The molecule has 1 atom stereocenters. The van der Waals surface area contributed by atoms with Gasteiger partial charge in [-0.05, 0) is 49.8 Å². The van der Waals surface area contributed by atoms with E-state index in [1.807, 2.05) is 35.2 Å². The van der Waals surface area contributed by atoms with E-state index >= 15 is 0 Å². The zero-order valence-electron chi connectivity index (χ0n) is 18.1. The predicted molar refractivity (Wildman–Crippen MR) is 125 cm³/mol. The lowest BCUT2D eigenvalue weighted by molar-refractivity contribution is 0.118. The fourth-order valence-corrected chi connectivity index (χ4v) is 4.85. The molecule has 2 aliphatic rings.